The monoisotopic (exact) mass is 291 g/mol. The second-order valence-corrected chi connectivity index (χ2v) is 5.67. The van der Waals surface area contributed by atoms with Gasteiger partial charge >= 0.3 is 0 Å². The molecule has 2 aromatic rings. The smallest absolute Gasteiger partial charge is 0.0172 e. The second kappa shape index (κ2) is 9.01. The summed E-state index contributed by atoms with van der Waals surface area (Å²) in [6, 6.07) is 21.4. The first-order chi connectivity index (χ1) is 10.8. The zero-order valence-electron chi connectivity index (χ0n) is 13.5. The Labute approximate surface area is 134 Å². The van der Waals surface area contributed by atoms with Crippen LogP contribution in [0.2, 0.25) is 0 Å². The van der Waals surface area contributed by atoms with E-state index in [1.54, 1.807) is 0 Å². The van der Waals surface area contributed by atoms with Crippen LogP contribution in [0, 0.1) is 0 Å². The maximum atomic E-state index is 2.44. The van der Waals surface area contributed by atoms with Crippen molar-refractivity contribution in [1.29, 1.82) is 0 Å². The Balaban J connectivity index is 1.87. The zero-order valence-corrected chi connectivity index (χ0v) is 13.5. The highest BCUT2D eigenvalue weighted by atomic mass is 15.1. The molecule has 1 nitrogen and oxygen atoms in total. The summed E-state index contributed by atoms with van der Waals surface area (Å²) in [7, 11) is 0. The summed E-state index contributed by atoms with van der Waals surface area (Å²) in [6.45, 7) is 6.41. The van der Waals surface area contributed by atoms with Gasteiger partial charge < -0.3 is 0 Å². The van der Waals surface area contributed by atoms with Crippen molar-refractivity contribution in [1.82, 2.24) is 4.90 Å². The Kier molecular flexibility index (Phi) is 6.66. The van der Waals surface area contributed by atoms with E-state index in [2.05, 4.69) is 91.6 Å². The van der Waals surface area contributed by atoms with Crippen molar-refractivity contribution in [2.24, 2.45) is 0 Å². The van der Waals surface area contributed by atoms with Gasteiger partial charge in [-0.15, -0.1) is 0 Å². The number of rotatable bonds is 7. The summed E-state index contributed by atoms with van der Waals surface area (Å²) in [6.07, 6.45) is 8.87. The van der Waals surface area contributed by atoms with Crippen molar-refractivity contribution in [3.63, 3.8) is 0 Å². The molecule has 0 spiro atoms. The molecule has 0 aliphatic heterocycles. The molecule has 2 rings (SSSR count). The van der Waals surface area contributed by atoms with Crippen LogP contribution in [0.5, 0.6) is 0 Å². The summed E-state index contributed by atoms with van der Waals surface area (Å²) < 4.78 is 0. The fraction of sp³-hybridized carbons (Fsp3) is 0.238. The first kappa shape index (κ1) is 16.3. The standard InChI is InChI=1S/C21H25N/c1-19(2)22(17-9-15-20-11-5-3-6-12-20)18-10-16-21-13-7-4-8-14-21/h3-16,19H,17-18H2,1-2H3. The predicted octanol–water partition coefficient (Wildman–Crippen LogP) is 5.12. The molecule has 0 unspecified atom stereocenters. The average molecular weight is 291 g/mol. The minimum Gasteiger partial charge on any atom is -0.294 e. The molecule has 22 heavy (non-hydrogen) atoms. The SMILES string of the molecule is CC(C)N(CC=Cc1ccccc1)CC=Cc1ccccc1. The Morgan fingerprint density at radius 2 is 1.14 bits per heavy atom. The number of hydrogen-bond donors (Lipinski definition) is 0. The van der Waals surface area contributed by atoms with Crippen molar-refractivity contribution < 1.29 is 0 Å². The lowest BCUT2D eigenvalue weighted by atomic mass is 10.2. The number of hydrogen-bond acceptors (Lipinski definition) is 1. The van der Waals surface area contributed by atoms with Crippen LogP contribution in [0.4, 0.5) is 0 Å². The summed E-state index contributed by atoms with van der Waals surface area (Å²) in [5, 5.41) is 0. The third-order valence-electron chi connectivity index (χ3n) is 3.63. The molecule has 0 atom stereocenters. The largest absolute Gasteiger partial charge is 0.294 e. The molecule has 0 aromatic heterocycles. The van der Waals surface area contributed by atoms with E-state index >= 15 is 0 Å². The van der Waals surface area contributed by atoms with Crippen molar-refractivity contribution in [2.75, 3.05) is 13.1 Å². The van der Waals surface area contributed by atoms with E-state index in [1.807, 2.05) is 12.1 Å². The highest BCUT2D eigenvalue weighted by Gasteiger charge is 2.04. The average Bonchev–Trinajstić information content (AvgIpc) is 2.55. The molecule has 0 aliphatic rings. The molecule has 0 amide bonds. The Morgan fingerprint density at radius 3 is 1.50 bits per heavy atom. The van der Waals surface area contributed by atoms with E-state index in [0.29, 0.717) is 6.04 Å². The minimum atomic E-state index is 0.529. The van der Waals surface area contributed by atoms with Crippen molar-refractivity contribution in [3.8, 4) is 0 Å². The molecule has 0 heterocycles. The Hall–Kier alpha value is -2.12. The van der Waals surface area contributed by atoms with E-state index in [9.17, 15) is 0 Å². The van der Waals surface area contributed by atoms with Gasteiger partial charge in [0.25, 0.3) is 0 Å². The van der Waals surface area contributed by atoms with E-state index < -0.39 is 0 Å². The van der Waals surface area contributed by atoms with Gasteiger partial charge in [-0.2, -0.15) is 0 Å². The van der Waals surface area contributed by atoms with Crippen LogP contribution in [0.15, 0.2) is 72.8 Å². The molecule has 0 bridgehead atoms. The molecule has 0 aliphatic carbocycles. The van der Waals surface area contributed by atoms with Gasteiger partial charge in [-0.25, -0.2) is 0 Å². The van der Waals surface area contributed by atoms with Crippen LogP contribution in [0.1, 0.15) is 25.0 Å². The zero-order chi connectivity index (χ0) is 15.6. The van der Waals surface area contributed by atoms with Gasteiger partial charge in [-0.05, 0) is 25.0 Å². The lowest BCUT2D eigenvalue weighted by molar-refractivity contribution is 0.273. The van der Waals surface area contributed by atoms with Crippen molar-refractivity contribution >= 4 is 12.2 Å². The van der Waals surface area contributed by atoms with E-state index in [4.69, 9.17) is 0 Å². The van der Waals surface area contributed by atoms with Gasteiger partial charge in [0.1, 0.15) is 0 Å². The van der Waals surface area contributed by atoms with Crippen LogP contribution in [0.3, 0.4) is 0 Å². The van der Waals surface area contributed by atoms with E-state index in [0.717, 1.165) is 13.1 Å². The van der Waals surface area contributed by atoms with Crippen molar-refractivity contribution in [2.45, 2.75) is 19.9 Å². The van der Waals surface area contributed by atoms with Crippen LogP contribution in [-0.2, 0) is 0 Å². The minimum absolute atomic E-state index is 0.529. The Bertz CT molecular complexity index is 530. The molecule has 114 valence electrons. The molecule has 0 fully saturated rings. The molecule has 2 aromatic carbocycles. The van der Waals surface area contributed by atoms with E-state index in [1.165, 1.54) is 11.1 Å². The maximum Gasteiger partial charge on any atom is 0.0172 e. The molecular formula is C21H25N. The topological polar surface area (TPSA) is 3.24 Å². The van der Waals surface area contributed by atoms with Crippen LogP contribution < -0.4 is 0 Å². The number of nitrogens with zero attached hydrogens (tertiary/aromatic N) is 1. The molecule has 0 N–H and O–H groups in total. The molecule has 1 heteroatoms. The van der Waals surface area contributed by atoms with Crippen molar-refractivity contribution in [3.05, 3.63) is 83.9 Å². The first-order valence-electron chi connectivity index (χ1n) is 7.93. The lowest BCUT2D eigenvalue weighted by Crippen LogP contribution is -2.31. The second-order valence-electron chi connectivity index (χ2n) is 5.67. The molecule has 0 saturated heterocycles. The molecular weight excluding hydrogens is 266 g/mol. The van der Waals surface area contributed by atoms with E-state index in [-0.39, 0.29) is 0 Å². The van der Waals surface area contributed by atoms with Gasteiger partial charge in [0, 0.05) is 19.1 Å². The molecule has 0 saturated carbocycles. The normalized spacial score (nSPS) is 12.0. The number of benzene rings is 2. The quantitative estimate of drug-likeness (QED) is 0.684. The predicted molar refractivity (Wildman–Crippen MR) is 97.7 cm³/mol. The lowest BCUT2D eigenvalue weighted by Gasteiger charge is -2.23. The molecule has 0 radical (unpaired) electrons. The summed E-state index contributed by atoms with van der Waals surface area (Å²) in [5.74, 6) is 0. The third-order valence-corrected chi connectivity index (χ3v) is 3.63. The van der Waals surface area contributed by atoms with Gasteiger partial charge in [0.15, 0.2) is 0 Å². The summed E-state index contributed by atoms with van der Waals surface area (Å²) >= 11 is 0. The Morgan fingerprint density at radius 1 is 0.727 bits per heavy atom. The first-order valence-corrected chi connectivity index (χ1v) is 7.93. The van der Waals surface area contributed by atoms with Crippen LogP contribution in [0.25, 0.3) is 12.2 Å². The van der Waals surface area contributed by atoms with Crippen LogP contribution in [-0.4, -0.2) is 24.0 Å². The van der Waals surface area contributed by atoms with Gasteiger partial charge in [0.2, 0.25) is 0 Å². The van der Waals surface area contributed by atoms with Gasteiger partial charge in [0.05, 0.1) is 0 Å². The summed E-state index contributed by atoms with van der Waals surface area (Å²) in [5.41, 5.74) is 2.51. The van der Waals surface area contributed by atoms with Gasteiger partial charge in [-0.1, -0.05) is 85.0 Å². The highest BCUT2D eigenvalue weighted by molar-refractivity contribution is 5.49. The van der Waals surface area contributed by atoms with Crippen LogP contribution >= 0.6 is 0 Å². The highest BCUT2D eigenvalue weighted by Crippen LogP contribution is 2.05. The fourth-order valence-corrected chi connectivity index (χ4v) is 2.27. The fourth-order valence-electron chi connectivity index (χ4n) is 2.27. The summed E-state index contributed by atoms with van der Waals surface area (Å²) in [4.78, 5) is 2.44. The third kappa shape index (κ3) is 5.71. The van der Waals surface area contributed by atoms with Gasteiger partial charge in [-0.3, -0.25) is 4.90 Å². The maximum absolute atomic E-state index is 2.44.